The lowest BCUT2D eigenvalue weighted by atomic mass is 10.2. The summed E-state index contributed by atoms with van der Waals surface area (Å²) in [6.07, 6.45) is 0. The number of anilines is 2. The zero-order valence-electron chi connectivity index (χ0n) is 14.6. The van der Waals surface area contributed by atoms with Crippen molar-refractivity contribution in [2.75, 3.05) is 23.0 Å². The summed E-state index contributed by atoms with van der Waals surface area (Å²) in [6.45, 7) is 3.04. The summed E-state index contributed by atoms with van der Waals surface area (Å²) in [5.74, 6) is -0.901. The molecular weight excluding hydrogens is 352 g/mol. The molecule has 0 bridgehead atoms. The highest BCUT2D eigenvalue weighted by atomic mass is 32.2. The number of benzene rings is 2. The fourth-order valence-electron chi connectivity index (χ4n) is 2.08. The first-order valence-electron chi connectivity index (χ1n) is 7.95. The molecule has 2 aromatic rings. The molecule has 0 unspecified atom stereocenters. The number of carbonyl (C=O) groups excluding carboxylic acids is 3. The van der Waals surface area contributed by atoms with Gasteiger partial charge in [-0.25, -0.2) is 0 Å². The van der Waals surface area contributed by atoms with E-state index in [9.17, 15) is 14.4 Å². The van der Waals surface area contributed by atoms with Gasteiger partial charge in [-0.05, 0) is 42.8 Å². The molecule has 0 aliphatic rings. The molecule has 0 spiro atoms. The molecule has 0 atom stereocenters. The van der Waals surface area contributed by atoms with E-state index >= 15 is 0 Å². The average Bonchev–Trinajstić information content (AvgIpc) is 2.60. The third-order valence-corrected chi connectivity index (χ3v) is 4.44. The summed E-state index contributed by atoms with van der Waals surface area (Å²) in [5, 5.41) is 5.26. The van der Waals surface area contributed by atoms with Crippen LogP contribution in [0.2, 0.25) is 0 Å². The Morgan fingerprint density at radius 2 is 1.58 bits per heavy atom. The van der Waals surface area contributed by atoms with Crippen LogP contribution in [0.15, 0.2) is 53.4 Å². The minimum Gasteiger partial charge on any atom is -0.455 e. The number of thioether (sulfide) groups is 1. The number of hydrogen-bond donors (Lipinski definition) is 2. The third-order valence-electron chi connectivity index (χ3n) is 3.29. The second-order valence-electron chi connectivity index (χ2n) is 5.52. The first-order chi connectivity index (χ1) is 12.4. The number of aryl methyl sites for hydroxylation is 1. The van der Waals surface area contributed by atoms with Crippen molar-refractivity contribution in [1.29, 1.82) is 0 Å². The van der Waals surface area contributed by atoms with Crippen LogP contribution in [0.3, 0.4) is 0 Å². The Balaban J connectivity index is 1.73. The monoisotopic (exact) mass is 372 g/mol. The first-order valence-corrected chi connectivity index (χ1v) is 8.94. The van der Waals surface area contributed by atoms with Crippen molar-refractivity contribution >= 4 is 40.9 Å². The Kier molecular flexibility index (Phi) is 7.23. The molecule has 0 heterocycles. The lowest BCUT2D eigenvalue weighted by molar-refractivity contribution is -0.144. The Morgan fingerprint density at radius 3 is 2.19 bits per heavy atom. The van der Waals surface area contributed by atoms with Gasteiger partial charge in [-0.2, -0.15) is 0 Å². The number of carbonyl (C=O) groups is 3. The molecule has 2 aromatic carbocycles. The zero-order valence-corrected chi connectivity index (χ0v) is 15.4. The molecule has 7 heteroatoms. The molecule has 2 N–H and O–H groups in total. The van der Waals surface area contributed by atoms with Gasteiger partial charge >= 0.3 is 5.97 Å². The van der Waals surface area contributed by atoms with Crippen LogP contribution in [0.4, 0.5) is 11.4 Å². The molecule has 0 saturated heterocycles. The molecule has 2 rings (SSSR count). The standard InChI is InChI=1S/C19H20N2O4S/c1-13-5-3-4-6-17(13)26-12-19(24)25-11-18(23)21-16-9-7-15(8-10-16)20-14(2)22/h3-10H,11-12H2,1-2H3,(H,20,22)(H,21,23). The highest BCUT2D eigenvalue weighted by molar-refractivity contribution is 8.00. The van der Waals surface area contributed by atoms with Gasteiger partial charge in [0.25, 0.3) is 5.91 Å². The number of ether oxygens (including phenoxy) is 1. The molecule has 0 saturated carbocycles. The van der Waals surface area contributed by atoms with Crippen molar-refractivity contribution in [3.8, 4) is 0 Å². The van der Waals surface area contributed by atoms with E-state index in [0.29, 0.717) is 11.4 Å². The van der Waals surface area contributed by atoms with Gasteiger partial charge in [-0.1, -0.05) is 18.2 Å². The fourth-order valence-corrected chi connectivity index (χ4v) is 2.91. The van der Waals surface area contributed by atoms with Crippen LogP contribution >= 0.6 is 11.8 Å². The highest BCUT2D eigenvalue weighted by Crippen LogP contribution is 2.21. The van der Waals surface area contributed by atoms with Gasteiger partial charge in [-0.3, -0.25) is 14.4 Å². The number of esters is 1. The zero-order chi connectivity index (χ0) is 18.9. The Bertz CT molecular complexity index is 790. The van der Waals surface area contributed by atoms with E-state index in [2.05, 4.69) is 10.6 Å². The summed E-state index contributed by atoms with van der Waals surface area (Å²) >= 11 is 1.38. The van der Waals surface area contributed by atoms with Gasteiger partial charge in [0.2, 0.25) is 5.91 Å². The van der Waals surface area contributed by atoms with E-state index in [-0.39, 0.29) is 18.3 Å². The van der Waals surface area contributed by atoms with Crippen LogP contribution in [0, 0.1) is 6.92 Å². The van der Waals surface area contributed by atoms with E-state index in [1.54, 1.807) is 24.3 Å². The molecule has 6 nitrogen and oxygen atoms in total. The van der Waals surface area contributed by atoms with Crippen molar-refractivity contribution in [2.24, 2.45) is 0 Å². The quantitative estimate of drug-likeness (QED) is 0.576. The van der Waals surface area contributed by atoms with Crippen LogP contribution in [0.1, 0.15) is 12.5 Å². The van der Waals surface area contributed by atoms with Crippen molar-refractivity contribution in [2.45, 2.75) is 18.7 Å². The summed E-state index contributed by atoms with van der Waals surface area (Å²) < 4.78 is 4.99. The lowest BCUT2D eigenvalue weighted by Crippen LogP contribution is -2.21. The van der Waals surface area contributed by atoms with Gasteiger partial charge in [0.15, 0.2) is 6.61 Å². The summed E-state index contributed by atoms with van der Waals surface area (Å²) in [5.41, 5.74) is 2.27. The molecule has 0 aliphatic carbocycles. The highest BCUT2D eigenvalue weighted by Gasteiger charge is 2.09. The van der Waals surface area contributed by atoms with Crippen molar-refractivity contribution in [1.82, 2.24) is 0 Å². The van der Waals surface area contributed by atoms with Gasteiger partial charge in [0.05, 0.1) is 5.75 Å². The molecule has 0 aliphatic heterocycles. The smallest absolute Gasteiger partial charge is 0.316 e. The topological polar surface area (TPSA) is 84.5 Å². The molecule has 0 aromatic heterocycles. The van der Waals surface area contributed by atoms with Crippen molar-refractivity contribution in [3.63, 3.8) is 0 Å². The van der Waals surface area contributed by atoms with Crippen LogP contribution in [-0.2, 0) is 19.1 Å². The third kappa shape index (κ3) is 6.60. The largest absolute Gasteiger partial charge is 0.455 e. The summed E-state index contributed by atoms with van der Waals surface area (Å²) in [6, 6.07) is 14.4. The molecule has 2 amide bonds. The number of nitrogens with one attached hydrogen (secondary N) is 2. The van der Waals surface area contributed by atoms with Gasteiger partial charge in [0, 0.05) is 23.2 Å². The predicted octanol–water partition coefficient (Wildman–Crippen LogP) is 3.23. The lowest BCUT2D eigenvalue weighted by Gasteiger charge is -2.08. The molecular formula is C19H20N2O4S. The van der Waals surface area contributed by atoms with Gasteiger partial charge in [-0.15, -0.1) is 11.8 Å². The van der Waals surface area contributed by atoms with Crippen LogP contribution < -0.4 is 10.6 Å². The molecule has 136 valence electrons. The van der Waals surface area contributed by atoms with E-state index in [0.717, 1.165) is 10.5 Å². The van der Waals surface area contributed by atoms with Crippen LogP contribution in [0.5, 0.6) is 0 Å². The first kappa shape index (κ1) is 19.5. The van der Waals surface area contributed by atoms with Crippen molar-refractivity contribution < 1.29 is 19.1 Å². The SMILES string of the molecule is CC(=O)Nc1ccc(NC(=O)COC(=O)CSc2ccccc2C)cc1. The number of amides is 2. The Labute approximate surface area is 156 Å². The van der Waals surface area contributed by atoms with E-state index < -0.39 is 11.9 Å². The maximum atomic E-state index is 11.8. The molecule has 0 fully saturated rings. The predicted molar refractivity (Wildman–Crippen MR) is 102 cm³/mol. The Morgan fingerprint density at radius 1 is 0.962 bits per heavy atom. The number of rotatable bonds is 7. The maximum Gasteiger partial charge on any atom is 0.316 e. The second kappa shape index (κ2) is 9.62. The number of hydrogen-bond acceptors (Lipinski definition) is 5. The van der Waals surface area contributed by atoms with Crippen LogP contribution in [-0.4, -0.2) is 30.1 Å². The van der Waals surface area contributed by atoms with E-state index in [1.807, 2.05) is 31.2 Å². The van der Waals surface area contributed by atoms with Gasteiger partial charge in [0.1, 0.15) is 0 Å². The fraction of sp³-hybridized carbons (Fsp3) is 0.211. The maximum absolute atomic E-state index is 11.8. The minimum atomic E-state index is -0.450. The van der Waals surface area contributed by atoms with Crippen LogP contribution in [0.25, 0.3) is 0 Å². The molecule has 26 heavy (non-hydrogen) atoms. The average molecular weight is 372 g/mol. The second-order valence-corrected chi connectivity index (χ2v) is 6.54. The summed E-state index contributed by atoms with van der Waals surface area (Å²) in [4.78, 5) is 35.6. The summed E-state index contributed by atoms with van der Waals surface area (Å²) in [7, 11) is 0. The van der Waals surface area contributed by atoms with E-state index in [4.69, 9.17) is 4.74 Å². The molecule has 0 radical (unpaired) electrons. The van der Waals surface area contributed by atoms with Gasteiger partial charge < -0.3 is 15.4 Å². The normalized spacial score (nSPS) is 10.1. The minimum absolute atomic E-state index is 0.142. The Hall–Kier alpha value is -2.80. The van der Waals surface area contributed by atoms with E-state index in [1.165, 1.54) is 18.7 Å². The van der Waals surface area contributed by atoms with Crippen molar-refractivity contribution in [3.05, 3.63) is 54.1 Å².